The molecule has 3 aromatic carbocycles. The van der Waals surface area contributed by atoms with Gasteiger partial charge in [-0.2, -0.15) is 0 Å². The molecule has 3 N–H and O–H groups in total. The maximum Gasteiger partial charge on any atom is 0.261 e. The van der Waals surface area contributed by atoms with Gasteiger partial charge in [0.2, 0.25) is 5.91 Å². The van der Waals surface area contributed by atoms with Crippen molar-refractivity contribution in [2.24, 2.45) is 0 Å². The van der Waals surface area contributed by atoms with Crippen molar-refractivity contribution in [3.05, 3.63) is 95.6 Å². The van der Waals surface area contributed by atoms with Crippen molar-refractivity contribution < 1.29 is 13.2 Å². The van der Waals surface area contributed by atoms with Crippen LogP contribution in [0, 0.1) is 13.8 Å². The number of thiocarbonyl (C=S) groups is 1. The number of sulfonamides is 1. The van der Waals surface area contributed by atoms with Crippen LogP contribution < -0.4 is 15.4 Å². The highest BCUT2D eigenvalue weighted by molar-refractivity contribution is 7.92. The minimum absolute atomic E-state index is 0.108. The Morgan fingerprint density at radius 2 is 1.50 bits per heavy atom. The van der Waals surface area contributed by atoms with Gasteiger partial charge in [-0.15, -0.1) is 0 Å². The molecule has 0 saturated heterocycles. The fourth-order valence-corrected chi connectivity index (χ4v) is 4.28. The normalized spacial score (nSPS) is 11.2. The Balaban J connectivity index is 1.59. The Labute approximate surface area is 193 Å². The lowest BCUT2D eigenvalue weighted by atomic mass is 10.1. The van der Waals surface area contributed by atoms with Crippen molar-refractivity contribution >= 4 is 50.7 Å². The van der Waals surface area contributed by atoms with E-state index in [4.69, 9.17) is 12.2 Å². The number of anilines is 2. The summed E-state index contributed by atoms with van der Waals surface area (Å²) in [5.41, 5.74) is 3.89. The molecule has 0 unspecified atom stereocenters. The molecule has 1 amide bonds. The first-order valence-electron chi connectivity index (χ1n) is 9.77. The summed E-state index contributed by atoms with van der Waals surface area (Å²) < 4.78 is 27.9. The molecule has 0 fully saturated rings. The van der Waals surface area contributed by atoms with Crippen molar-refractivity contribution in [3.63, 3.8) is 0 Å². The second kappa shape index (κ2) is 10.2. The summed E-state index contributed by atoms with van der Waals surface area (Å²) in [6, 6.07) is 21.0. The maximum atomic E-state index is 12.7. The molecule has 0 bridgehead atoms. The summed E-state index contributed by atoms with van der Waals surface area (Å²) in [7, 11) is -3.73. The summed E-state index contributed by atoms with van der Waals surface area (Å²) in [5, 5.41) is 5.52. The monoisotopic (exact) mass is 465 g/mol. The molecule has 0 heterocycles. The van der Waals surface area contributed by atoms with Crippen LogP contribution >= 0.6 is 12.2 Å². The number of nitrogens with one attached hydrogen (secondary N) is 3. The molecular weight excluding hydrogens is 442 g/mol. The predicted octanol–water partition coefficient (Wildman–Crippen LogP) is 4.63. The molecular formula is C24H23N3O3S2. The van der Waals surface area contributed by atoms with Gasteiger partial charge in [0.05, 0.1) is 4.90 Å². The second-order valence-corrected chi connectivity index (χ2v) is 9.28. The highest BCUT2D eigenvalue weighted by atomic mass is 32.2. The van der Waals surface area contributed by atoms with Gasteiger partial charge in [-0.3, -0.25) is 14.8 Å². The largest absolute Gasteiger partial charge is 0.332 e. The van der Waals surface area contributed by atoms with Crippen molar-refractivity contribution in [1.29, 1.82) is 0 Å². The zero-order chi connectivity index (χ0) is 23.1. The van der Waals surface area contributed by atoms with E-state index in [1.54, 1.807) is 30.3 Å². The van der Waals surface area contributed by atoms with E-state index in [-0.39, 0.29) is 15.9 Å². The van der Waals surface area contributed by atoms with Gasteiger partial charge in [0, 0.05) is 17.5 Å². The van der Waals surface area contributed by atoms with Crippen molar-refractivity contribution in [1.82, 2.24) is 5.32 Å². The highest BCUT2D eigenvalue weighted by Gasteiger charge is 2.14. The first-order chi connectivity index (χ1) is 15.2. The molecule has 8 heteroatoms. The Morgan fingerprint density at radius 1 is 0.875 bits per heavy atom. The first-order valence-corrected chi connectivity index (χ1v) is 11.7. The van der Waals surface area contributed by atoms with Crippen LogP contribution in [0.4, 0.5) is 11.4 Å². The SMILES string of the molecule is Cc1cc(C)cc(NS(=O)(=O)c2ccc(NC(=S)NC(=O)C=Cc3ccccc3)cc2)c1. The van der Waals surface area contributed by atoms with Crippen molar-refractivity contribution in [2.75, 3.05) is 10.0 Å². The molecule has 6 nitrogen and oxygen atoms in total. The van der Waals surface area contributed by atoms with E-state index in [0.29, 0.717) is 11.4 Å². The minimum atomic E-state index is -3.73. The number of amides is 1. The molecule has 32 heavy (non-hydrogen) atoms. The zero-order valence-electron chi connectivity index (χ0n) is 17.6. The number of benzene rings is 3. The van der Waals surface area contributed by atoms with Gasteiger partial charge < -0.3 is 5.32 Å². The van der Waals surface area contributed by atoms with Gasteiger partial charge in [-0.05, 0) is 85.2 Å². The van der Waals surface area contributed by atoms with Crippen molar-refractivity contribution in [3.8, 4) is 0 Å². The van der Waals surface area contributed by atoms with E-state index in [9.17, 15) is 13.2 Å². The highest BCUT2D eigenvalue weighted by Crippen LogP contribution is 2.20. The molecule has 0 saturated carbocycles. The van der Waals surface area contributed by atoms with Crippen LogP contribution in [0.15, 0.2) is 83.8 Å². The summed E-state index contributed by atoms with van der Waals surface area (Å²) in [6.45, 7) is 3.81. The average molecular weight is 466 g/mol. The van der Waals surface area contributed by atoms with Crippen LogP contribution in [0.5, 0.6) is 0 Å². The molecule has 0 spiro atoms. The zero-order valence-corrected chi connectivity index (χ0v) is 19.3. The number of hydrogen-bond acceptors (Lipinski definition) is 4. The molecule has 0 aliphatic carbocycles. The van der Waals surface area contributed by atoms with Gasteiger partial charge >= 0.3 is 0 Å². The van der Waals surface area contributed by atoms with Gasteiger partial charge in [0.1, 0.15) is 0 Å². The first kappa shape index (κ1) is 23.2. The number of rotatable bonds is 6. The fraction of sp³-hybridized carbons (Fsp3) is 0.0833. The molecule has 0 atom stereocenters. The third-order valence-corrected chi connectivity index (χ3v) is 5.96. The second-order valence-electron chi connectivity index (χ2n) is 7.19. The van der Waals surface area contributed by atoms with Crippen LogP contribution in [0.25, 0.3) is 6.08 Å². The predicted molar refractivity (Wildman–Crippen MR) is 133 cm³/mol. The van der Waals surface area contributed by atoms with Gasteiger partial charge in [0.15, 0.2) is 5.11 Å². The summed E-state index contributed by atoms with van der Waals surface area (Å²) >= 11 is 5.15. The van der Waals surface area contributed by atoms with E-state index >= 15 is 0 Å². The Bertz CT molecular complexity index is 1230. The number of carbonyl (C=O) groups excluding carboxylic acids is 1. The molecule has 164 valence electrons. The van der Waals surface area contributed by atoms with E-state index in [1.807, 2.05) is 50.2 Å². The van der Waals surface area contributed by atoms with E-state index < -0.39 is 10.0 Å². The number of hydrogen-bond donors (Lipinski definition) is 3. The third kappa shape index (κ3) is 6.76. The van der Waals surface area contributed by atoms with Gasteiger partial charge in [-0.1, -0.05) is 36.4 Å². The lowest BCUT2D eigenvalue weighted by Gasteiger charge is -2.11. The smallest absolute Gasteiger partial charge is 0.261 e. The Hall–Kier alpha value is -3.49. The summed E-state index contributed by atoms with van der Waals surface area (Å²) in [5.74, 6) is -0.372. The lowest BCUT2D eigenvalue weighted by molar-refractivity contribution is -0.115. The van der Waals surface area contributed by atoms with E-state index in [1.165, 1.54) is 18.2 Å². The van der Waals surface area contributed by atoms with E-state index in [0.717, 1.165) is 16.7 Å². The number of carbonyl (C=O) groups is 1. The van der Waals surface area contributed by atoms with Gasteiger partial charge in [-0.25, -0.2) is 8.42 Å². The summed E-state index contributed by atoms with van der Waals surface area (Å²) in [4.78, 5) is 12.1. The molecule has 3 aromatic rings. The molecule has 0 aromatic heterocycles. The van der Waals surface area contributed by atoms with Crippen LogP contribution in [0.1, 0.15) is 16.7 Å². The van der Waals surface area contributed by atoms with Crippen LogP contribution in [-0.4, -0.2) is 19.4 Å². The Kier molecular flexibility index (Phi) is 7.40. The third-order valence-electron chi connectivity index (χ3n) is 4.36. The number of aryl methyl sites for hydroxylation is 2. The lowest BCUT2D eigenvalue weighted by Crippen LogP contribution is -2.32. The standard InChI is InChI=1S/C24H23N3O3S2/c1-17-14-18(2)16-21(15-17)27-32(29,30)22-11-9-20(10-12-22)25-24(31)26-23(28)13-8-19-6-4-3-5-7-19/h3-16,27H,1-2H3,(H2,25,26,28,31). The molecule has 3 rings (SSSR count). The quantitative estimate of drug-likeness (QED) is 0.365. The van der Waals surface area contributed by atoms with Crippen molar-refractivity contribution in [2.45, 2.75) is 18.7 Å². The molecule has 0 aliphatic heterocycles. The fourth-order valence-electron chi connectivity index (χ4n) is 3.02. The average Bonchev–Trinajstić information content (AvgIpc) is 2.72. The van der Waals surface area contributed by atoms with Crippen LogP contribution in [0.3, 0.4) is 0 Å². The minimum Gasteiger partial charge on any atom is -0.332 e. The van der Waals surface area contributed by atoms with Gasteiger partial charge in [0.25, 0.3) is 10.0 Å². The maximum absolute atomic E-state index is 12.7. The molecule has 0 aliphatic rings. The summed E-state index contributed by atoms with van der Waals surface area (Å²) in [6.07, 6.45) is 3.07. The van der Waals surface area contributed by atoms with E-state index in [2.05, 4.69) is 15.4 Å². The molecule has 0 radical (unpaired) electrons. The topological polar surface area (TPSA) is 87.3 Å². The van der Waals surface area contributed by atoms with Crippen LogP contribution in [-0.2, 0) is 14.8 Å². The van der Waals surface area contributed by atoms with Crippen LogP contribution in [0.2, 0.25) is 0 Å². The Morgan fingerprint density at radius 3 is 2.12 bits per heavy atom.